The number of rotatable bonds is 4. The van der Waals surface area contributed by atoms with Gasteiger partial charge in [-0.25, -0.2) is 0 Å². The number of carbonyl (C=O) groups excluding carboxylic acids is 1. The summed E-state index contributed by atoms with van der Waals surface area (Å²) >= 11 is 0. The first-order chi connectivity index (χ1) is 9.11. The molecule has 2 rings (SSSR count). The summed E-state index contributed by atoms with van der Waals surface area (Å²) in [6, 6.07) is 1.26. The third-order valence-corrected chi connectivity index (χ3v) is 4.65. The number of nitrogens with one attached hydrogen (secondary N) is 1. The molecule has 2 aliphatic heterocycles. The molecular formula is C15H28N2O2. The Kier molecular flexibility index (Phi) is 5.22. The van der Waals surface area contributed by atoms with Crippen LogP contribution >= 0.6 is 0 Å². The van der Waals surface area contributed by atoms with Gasteiger partial charge in [0.05, 0.1) is 7.11 Å². The van der Waals surface area contributed by atoms with Crippen LogP contribution in [-0.4, -0.2) is 49.2 Å². The van der Waals surface area contributed by atoms with Gasteiger partial charge < -0.3 is 10.1 Å². The van der Waals surface area contributed by atoms with Gasteiger partial charge in [-0.1, -0.05) is 6.42 Å². The van der Waals surface area contributed by atoms with E-state index in [1.54, 1.807) is 0 Å². The molecule has 3 atom stereocenters. The standard InChI is InChI=1S/C15H28N2O2/c1-11(2)17-7-5-4-6-13(17)8-12-9-14(16-10-12)15(18)19-3/h11-14,16H,4-10H2,1-3H3. The van der Waals surface area contributed by atoms with Crippen molar-refractivity contribution in [1.82, 2.24) is 10.2 Å². The van der Waals surface area contributed by atoms with E-state index in [9.17, 15) is 4.79 Å². The van der Waals surface area contributed by atoms with Crippen LogP contribution in [0, 0.1) is 5.92 Å². The Labute approximate surface area is 116 Å². The van der Waals surface area contributed by atoms with Crippen molar-refractivity contribution >= 4 is 5.97 Å². The minimum atomic E-state index is -0.105. The van der Waals surface area contributed by atoms with Crippen molar-refractivity contribution in [3.05, 3.63) is 0 Å². The predicted octanol–water partition coefficient (Wildman–Crippen LogP) is 1.79. The van der Waals surface area contributed by atoms with Crippen LogP contribution in [0.4, 0.5) is 0 Å². The van der Waals surface area contributed by atoms with Crippen LogP contribution in [0.5, 0.6) is 0 Å². The van der Waals surface area contributed by atoms with E-state index in [-0.39, 0.29) is 12.0 Å². The monoisotopic (exact) mass is 268 g/mol. The molecule has 4 nitrogen and oxygen atoms in total. The van der Waals surface area contributed by atoms with Gasteiger partial charge in [0.2, 0.25) is 0 Å². The highest BCUT2D eigenvalue weighted by molar-refractivity contribution is 5.76. The van der Waals surface area contributed by atoms with E-state index >= 15 is 0 Å². The largest absolute Gasteiger partial charge is 0.468 e. The Morgan fingerprint density at radius 3 is 2.89 bits per heavy atom. The van der Waals surface area contributed by atoms with Crippen molar-refractivity contribution in [3.63, 3.8) is 0 Å². The van der Waals surface area contributed by atoms with Crippen LogP contribution in [0.3, 0.4) is 0 Å². The second kappa shape index (κ2) is 6.71. The fourth-order valence-corrected chi connectivity index (χ4v) is 3.65. The maximum atomic E-state index is 11.5. The molecule has 2 aliphatic rings. The summed E-state index contributed by atoms with van der Waals surface area (Å²) in [5.41, 5.74) is 0. The van der Waals surface area contributed by atoms with Crippen molar-refractivity contribution < 1.29 is 9.53 Å². The number of carbonyl (C=O) groups is 1. The summed E-state index contributed by atoms with van der Waals surface area (Å²) in [4.78, 5) is 14.2. The molecule has 2 saturated heterocycles. The normalized spacial score (nSPS) is 32.7. The lowest BCUT2D eigenvalue weighted by molar-refractivity contribution is -0.142. The van der Waals surface area contributed by atoms with Gasteiger partial charge >= 0.3 is 5.97 Å². The van der Waals surface area contributed by atoms with E-state index in [0.29, 0.717) is 18.0 Å². The van der Waals surface area contributed by atoms with E-state index < -0.39 is 0 Å². The quantitative estimate of drug-likeness (QED) is 0.789. The molecule has 19 heavy (non-hydrogen) atoms. The van der Waals surface area contributed by atoms with Gasteiger partial charge in [-0.2, -0.15) is 0 Å². The van der Waals surface area contributed by atoms with E-state index in [1.165, 1.54) is 39.3 Å². The van der Waals surface area contributed by atoms with E-state index in [4.69, 9.17) is 4.74 Å². The fourth-order valence-electron chi connectivity index (χ4n) is 3.65. The van der Waals surface area contributed by atoms with Crippen molar-refractivity contribution in [2.75, 3.05) is 20.2 Å². The van der Waals surface area contributed by atoms with Gasteiger partial charge in [0.15, 0.2) is 0 Å². The number of nitrogens with zero attached hydrogens (tertiary/aromatic N) is 1. The highest BCUT2D eigenvalue weighted by atomic mass is 16.5. The molecule has 0 radical (unpaired) electrons. The minimum absolute atomic E-state index is 0.0777. The van der Waals surface area contributed by atoms with Crippen molar-refractivity contribution in [1.29, 1.82) is 0 Å². The van der Waals surface area contributed by atoms with Crippen LogP contribution in [0.1, 0.15) is 46.0 Å². The van der Waals surface area contributed by atoms with Crippen LogP contribution < -0.4 is 5.32 Å². The number of methoxy groups -OCH3 is 1. The number of hydrogen-bond donors (Lipinski definition) is 1. The molecule has 3 unspecified atom stereocenters. The van der Waals surface area contributed by atoms with E-state index in [0.717, 1.165) is 13.0 Å². The molecule has 0 aliphatic carbocycles. The highest BCUT2D eigenvalue weighted by Gasteiger charge is 2.33. The van der Waals surface area contributed by atoms with Gasteiger partial charge in [-0.3, -0.25) is 9.69 Å². The summed E-state index contributed by atoms with van der Waals surface area (Å²) in [6.07, 6.45) is 6.17. The van der Waals surface area contributed by atoms with Gasteiger partial charge in [-0.05, 0) is 58.5 Å². The zero-order chi connectivity index (χ0) is 13.8. The first-order valence-electron chi connectivity index (χ1n) is 7.68. The molecule has 2 heterocycles. The van der Waals surface area contributed by atoms with Crippen LogP contribution in [-0.2, 0) is 9.53 Å². The van der Waals surface area contributed by atoms with Crippen LogP contribution in [0.25, 0.3) is 0 Å². The van der Waals surface area contributed by atoms with Gasteiger partial charge in [0.25, 0.3) is 0 Å². The van der Waals surface area contributed by atoms with Gasteiger partial charge in [0.1, 0.15) is 6.04 Å². The lowest BCUT2D eigenvalue weighted by atomic mass is 9.90. The maximum absolute atomic E-state index is 11.5. The average Bonchev–Trinajstić information content (AvgIpc) is 2.86. The number of ether oxygens (including phenoxy) is 1. The summed E-state index contributed by atoms with van der Waals surface area (Å²) in [7, 11) is 1.47. The Balaban J connectivity index is 1.85. The van der Waals surface area contributed by atoms with Crippen molar-refractivity contribution in [2.24, 2.45) is 5.92 Å². The SMILES string of the molecule is COC(=O)C1CC(CC2CCCCN2C(C)C)CN1. The molecule has 0 aromatic heterocycles. The molecule has 0 aromatic rings. The second-order valence-corrected chi connectivity index (χ2v) is 6.30. The molecule has 0 bridgehead atoms. The van der Waals surface area contributed by atoms with E-state index in [1.807, 2.05) is 0 Å². The zero-order valence-corrected chi connectivity index (χ0v) is 12.5. The molecule has 1 N–H and O–H groups in total. The molecule has 0 amide bonds. The lowest BCUT2D eigenvalue weighted by Gasteiger charge is -2.39. The molecule has 110 valence electrons. The number of likely N-dealkylation sites (tertiary alicyclic amines) is 1. The third kappa shape index (κ3) is 3.69. The summed E-state index contributed by atoms with van der Waals surface area (Å²) in [5.74, 6) is 0.514. The Hall–Kier alpha value is -0.610. The Morgan fingerprint density at radius 2 is 2.21 bits per heavy atom. The van der Waals surface area contributed by atoms with Crippen molar-refractivity contribution in [3.8, 4) is 0 Å². The van der Waals surface area contributed by atoms with Gasteiger partial charge in [0, 0.05) is 12.1 Å². The molecule has 0 spiro atoms. The first-order valence-corrected chi connectivity index (χ1v) is 7.68. The third-order valence-electron chi connectivity index (χ3n) is 4.65. The number of hydrogen-bond acceptors (Lipinski definition) is 4. The summed E-state index contributed by atoms with van der Waals surface area (Å²) in [5, 5.41) is 3.30. The minimum Gasteiger partial charge on any atom is -0.468 e. The summed E-state index contributed by atoms with van der Waals surface area (Å²) < 4.78 is 4.82. The van der Waals surface area contributed by atoms with Crippen molar-refractivity contribution in [2.45, 2.75) is 64.1 Å². The molecule has 0 saturated carbocycles. The van der Waals surface area contributed by atoms with Gasteiger partial charge in [-0.15, -0.1) is 0 Å². The summed E-state index contributed by atoms with van der Waals surface area (Å²) in [6.45, 7) is 6.79. The molecule has 0 aromatic carbocycles. The number of esters is 1. The first kappa shape index (κ1) is 14.8. The maximum Gasteiger partial charge on any atom is 0.322 e. The predicted molar refractivity (Wildman–Crippen MR) is 76.0 cm³/mol. The number of piperidine rings is 1. The molecule has 2 fully saturated rings. The molecule has 4 heteroatoms. The Bertz CT molecular complexity index is 307. The van der Waals surface area contributed by atoms with Crippen LogP contribution in [0.2, 0.25) is 0 Å². The highest BCUT2D eigenvalue weighted by Crippen LogP contribution is 2.28. The average molecular weight is 268 g/mol. The smallest absolute Gasteiger partial charge is 0.322 e. The second-order valence-electron chi connectivity index (χ2n) is 6.30. The Morgan fingerprint density at radius 1 is 1.42 bits per heavy atom. The fraction of sp³-hybridized carbons (Fsp3) is 0.933. The van der Waals surface area contributed by atoms with Crippen LogP contribution in [0.15, 0.2) is 0 Å². The topological polar surface area (TPSA) is 41.6 Å². The molecular weight excluding hydrogens is 240 g/mol. The van der Waals surface area contributed by atoms with E-state index in [2.05, 4.69) is 24.1 Å². The lowest BCUT2D eigenvalue weighted by Crippen LogP contribution is -2.44. The zero-order valence-electron chi connectivity index (χ0n) is 12.5.